The molecule has 0 amide bonds. The first-order valence-electron chi connectivity index (χ1n) is 4.22. The standard InChI is InChI=1S/C8H7Cl2F3N4/c1-17(2)3-14-7-15-5(9)4(6(10)16-7)8(11,12)13/h3H,1-2H3. The van der Waals surface area contributed by atoms with Crippen LogP contribution in [0.1, 0.15) is 5.56 Å². The van der Waals surface area contributed by atoms with Crippen LogP contribution in [0.25, 0.3) is 0 Å². The van der Waals surface area contributed by atoms with E-state index >= 15 is 0 Å². The SMILES string of the molecule is CN(C)C=Nc1nc(Cl)c(C(F)(F)F)c(Cl)n1. The Bertz CT molecular complexity index is 422. The van der Waals surface area contributed by atoms with Crippen molar-refractivity contribution >= 4 is 35.5 Å². The van der Waals surface area contributed by atoms with E-state index in [1.165, 1.54) is 6.34 Å². The van der Waals surface area contributed by atoms with E-state index < -0.39 is 22.0 Å². The highest BCUT2D eigenvalue weighted by molar-refractivity contribution is 6.34. The summed E-state index contributed by atoms with van der Waals surface area (Å²) < 4.78 is 37.4. The summed E-state index contributed by atoms with van der Waals surface area (Å²) in [4.78, 5) is 12.0. The minimum absolute atomic E-state index is 0.235. The average Bonchev–Trinajstić information content (AvgIpc) is 2.11. The van der Waals surface area contributed by atoms with Crippen LogP contribution < -0.4 is 0 Å². The first-order valence-corrected chi connectivity index (χ1v) is 4.98. The Hall–Kier alpha value is -1.08. The maximum Gasteiger partial charge on any atom is 0.422 e. The molecular weight excluding hydrogens is 280 g/mol. The molecule has 0 atom stereocenters. The lowest BCUT2D eigenvalue weighted by Crippen LogP contribution is -2.10. The molecule has 9 heteroatoms. The highest BCUT2D eigenvalue weighted by Gasteiger charge is 2.38. The van der Waals surface area contributed by atoms with Crippen LogP contribution in [-0.2, 0) is 6.18 Å². The van der Waals surface area contributed by atoms with Gasteiger partial charge in [-0.15, -0.1) is 0 Å². The van der Waals surface area contributed by atoms with Crippen LogP contribution in [0.3, 0.4) is 0 Å². The molecule has 0 N–H and O–H groups in total. The number of aromatic nitrogens is 2. The summed E-state index contributed by atoms with van der Waals surface area (Å²) >= 11 is 10.8. The van der Waals surface area contributed by atoms with Crippen LogP contribution in [-0.4, -0.2) is 35.3 Å². The minimum Gasteiger partial charge on any atom is -0.369 e. The van der Waals surface area contributed by atoms with Gasteiger partial charge in [-0.1, -0.05) is 23.2 Å². The second-order valence-electron chi connectivity index (χ2n) is 3.19. The molecular formula is C8H7Cl2F3N4. The van der Waals surface area contributed by atoms with Crippen molar-refractivity contribution in [2.24, 2.45) is 4.99 Å². The van der Waals surface area contributed by atoms with Gasteiger partial charge in [0.1, 0.15) is 15.9 Å². The van der Waals surface area contributed by atoms with E-state index in [4.69, 9.17) is 23.2 Å². The van der Waals surface area contributed by atoms with Gasteiger partial charge in [-0.25, -0.2) is 4.99 Å². The van der Waals surface area contributed by atoms with E-state index in [0.717, 1.165) is 0 Å². The zero-order valence-electron chi connectivity index (χ0n) is 8.76. The van der Waals surface area contributed by atoms with Gasteiger partial charge in [0.2, 0.25) is 0 Å². The van der Waals surface area contributed by atoms with Gasteiger partial charge in [0, 0.05) is 14.1 Å². The molecule has 4 nitrogen and oxygen atoms in total. The van der Waals surface area contributed by atoms with Crippen LogP contribution >= 0.6 is 23.2 Å². The molecule has 0 radical (unpaired) electrons. The number of alkyl halides is 3. The quantitative estimate of drug-likeness (QED) is 0.477. The van der Waals surface area contributed by atoms with E-state index in [-0.39, 0.29) is 5.95 Å². The van der Waals surface area contributed by atoms with E-state index in [2.05, 4.69) is 15.0 Å². The van der Waals surface area contributed by atoms with E-state index in [1.54, 1.807) is 19.0 Å². The van der Waals surface area contributed by atoms with Crippen LogP contribution in [0.5, 0.6) is 0 Å². The Kier molecular flexibility index (Phi) is 4.16. The van der Waals surface area contributed by atoms with Gasteiger partial charge in [0.05, 0.1) is 6.34 Å². The van der Waals surface area contributed by atoms with Crippen molar-refractivity contribution in [2.45, 2.75) is 6.18 Å². The van der Waals surface area contributed by atoms with Crippen molar-refractivity contribution in [1.29, 1.82) is 0 Å². The predicted octanol–water partition coefficient (Wildman–Crippen LogP) is 3.02. The zero-order valence-corrected chi connectivity index (χ0v) is 10.3. The van der Waals surface area contributed by atoms with Crippen LogP contribution in [0.4, 0.5) is 19.1 Å². The molecule has 0 fully saturated rings. The molecule has 1 aromatic rings. The van der Waals surface area contributed by atoms with E-state index in [1.807, 2.05) is 0 Å². The number of aliphatic imine (C=N–C) groups is 1. The smallest absolute Gasteiger partial charge is 0.369 e. The van der Waals surface area contributed by atoms with Gasteiger partial charge in [-0.2, -0.15) is 23.1 Å². The fourth-order valence-corrected chi connectivity index (χ4v) is 1.45. The van der Waals surface area contributed by atoms with E-state index in [0.29, 0.717) is 0 Å². The largest absolute Gasteiger partial charge is 0.422 e. The molecule has 1 heterocycles. The molecule has 94 valence electrons. The fourth-order valence-electron chi connectivity index (χ4n) is 0.856. The Morgan fingerprint density at radius 2 is 1.65 bits per heavy atom. The minimum atomic E-state index is -4.70. The number of halogens is 5. The number of nitrogens with zero attached hydrogens (tertiary/aromatic N) is 4. The summed E-state index contributed by atoms with van der Waals surface area (Å²) in [7, 11) is 3.35. The molecule has 0 saturated heterocycles. The predicted molar refractivity (Wildman–Crippen MR) is 58.9 cm³/mol. The number of rotatable bonds is 2. The van der Waals surface area contributed by atoms with Crippen molar-refractivity contribution in [3.05, 3.63) is 15.9 Å². The van der Waals surface area contributed by atoms with Gasteiger partial charge in [-0.3, -0.25) is 0 Å². The summed E-state index contributed by atoms with van der Waals surface area (Å²) in [6.45, 7) is 0. The molecule has 0 bridgehead atoms. The van der Waals surface area contributed by atoms with Crippen LogP contribution in [0.15, 0.2) is 4.99 Å². The van der Waals surface area contributed by atoms with Gasteiger partial charge in [0.15, 0.2) is 0 Å². The average molecular weight is 287 g/mol. The third kappa shape index (κ3) is 3.71. The third-order valence-electron chi connectivity index (χ3n) is 1.50. The second-order valence-corrected chi connectivity index (χ2v) is 3.90. The maximum absolute atomic E-state index is 12.5. The third-order valence-corrected chi connectivity index (χ3v) is 2.04. The lowest BCUT2D eigenvalue weighted by atomic mass is 10.3. The fraction of sp³-hybridized carbons (Fsp3) is 0.375. The topological polar surface area (TPSA) is 41.4 Å². The van der Waals surface area contributed by atoms with Crippen molar-refractivity contribution < 1.29 is 13.2 Å². The Morgan fingerprint density at radius 3 is 2.00 bits per heavy atom. The van der Waals surface area contributed by atoms with E-state index in [9.17, 15) is 13.2 Å². The van der Waals surface area contributed by atoms with Gasteiger partial charge in [0.25, 0.3) is 5.95 Å². The molecule has 0 aliphatic heterocycles. The van der Waals surface area contributed by atoms with Gasteiger partial charge in [-0.05, 0) is 0 Å². The molecule has 0 spiro atoms. The lowest BCUT2D eigenvalue weighted by Gasteiger charge is -2.09. The Labute approximate surface area is 105 Å². The summed E-state index contributed by atoms with van der Waals surface area (Å²) in [6, 6.07) is 0. The first-order chi connectivity index (χ1) is 7.71. The molecule has 0 unspecified atom stereocenters. The monoisotopic (exact) mass is 286 g/mol. The van der Waals surface area contributed by atoms with Gasteiger partial charge >= 0.3 is 6.18 Å². The molecule has 0 aromatic carbocycles. The lowest BCUT2D eigenvalue weighted by molar-refractivity contribution is -0.137. The number of hydrogen-bond acceptors (Lipinski definition) is 3. The molecule has 0 aliphatic carbocycles. The summed E-state index contributed by atoms with van der Waals surface area (Å²) in [5.74, 6) is -0.235. The molecule has 17 heavy (non-hydrogen) atoms. The van der Waals surface area contributed by atoms with Crippen molar-refractivity contribution in [1.82, 2.24) is 14.9 Å². The summed E-state index contributed by atoms with van der Waals surface area (Å²) in [5.41, 5.74) is -1.26. The Morgan fingerprint density at radius 1 is 1.18 bits per heavy atom. The molecule has 1 rings (SSSR count). The van der Waals surface area contributed by atoms with Crippen molar-refractivity contribution in [3.63, 3.8) is 0 Å². The van der Waals surface area contributed by atoms with Crippen LogP contribution in [0.2, 0.25) is 10.3 Å². The molecule has 0 aliphatic rings. The molecule has 0 saturated carbocycles. The summed E-state index contributed by atoms with van der Waals surface area (Å²) in [5, 5.41) is -1.55. The summed E-state index contributed by atoms with van der Waals surface area (Å²) in [6.07, 6.45) is -3.38. The van der Waals surface area contributed by atoms with Crippen LogP contribution in [0, 0.1) is 0 Å². The van der Waals surface area contributed by atoms with Gasteiger partial charge < -0.3 is 4.90 Å². The van der Waals surface area contributed by atoms with Crippen molar-refractivity contribution in [2.75, 3.05) is 14.1 Å². The van der Waals surface area contributed by atoms with Crippen molar-refractivity contribution in [3.8, 4) is 0 Å². The normalized spacial score (nSPS) is 12.2. The second kappa shape index (κ2) is 5.05. The first kappa shape index (κ1) is 14.0. The Balaban J connectivity index is 3.19. The highest BCUT2D eigenvalue weighted by atomic mass is 35.5. The molecule has 1 aromatic heterocycles. The zero-order chi connectivity index (χ0) is 13.2. The maximum atomic E-state index is 12.5. The number of hydrogen-bond donors (Lipinski definition) is 0. The highest BCUT2D eigenvalue weighted by Crippen LogP contribution is 2.38.